The largest absolute Gasteiger partial charge is 0.481 e. The predicted octanol–water partition coefficient (Wildman–Crippen LogP) is 5.03. The molecule has 1 heterocycles. The second-order valence-electron chi connectivity index (χ2n) is 9.02. The fraction of sp³-hybridized carbons (Fsp3) is 0.560. The van der Waals surface area contributed by atoms with Gasteiger partial charge in [-0.2, -0.15) is 0 Å². The molecule has 6 nitrogen and oxygen atoms in total. The molecule has 2 aliphatic rings. The Hall–Kier alpha value is -2.34. The van der Waals surface area contributed by atoms with Gasteiger partial charge in [0, 0.05) is 47.5 Å². The molecule has 1 aromatic carbocycles. The first kappa shape index (κ1) is 24.3. The lowest BCUT2D eigenvalue weighted by Crippen LogP contribution is -2.40. The van der Waals surface area contributed by atoms with Crippen LogP contribution in [0.1, 0.15) is 68.8 Å². The van der Waals surface area contributed by atoms with E-state index in [9.17, 15) is 14.7 Å². The highest BCUT2D eigenvalue weighted by atomic mass is 35.5. The van der Waals surface area contributed by atoms with Crippen molar-refractivity contribution in [3.05, 3.63) is 39.4 Å². The summed E-state index contributed by atoms with van der Waals surface area (Å²) >= 11 is 6.45. The summed E-state index contributed by atoms with van der Waals surface area (Å²) in [6, 6.07) is 3.90. The van der Waals surface area contributed by atoms with E-state index < -0.39 is 5.97 Å². The summed E-state index contributed by atoms with van der Waals surface area (Å²) in [5, 5.41) is 12.9. The van der Waals surface area contributed by atoms with Gasteiger partial charge in [-0.1, -0.05) is 17.2 Å². The van der Waals surface area contributed by atoms with E-state index in [1.165, 1.54) is 5.57 Å². The SMILES string of the molecule is CCN(c1cc(Cl)cc(C(=O)NCC2=C(C)CC(C)=NC2)c1C)C1CCC(C(=O)O)CC1. The Labute approximate surface area is 195 Å². The highest BCUT2D eigenvalue weighted by molar-refractivity contribution is 6.31. The van der Waals surface area contributed by atoms with Gasteiger partial charge in [-0.05, 0) is 76.6 Å². The smallest absolute Gasteiger partial charge is 0.306 e. The number of dihydropyridines is 1. The molecule has 0 spiro atoms. The van der Waals surface area contributed by atoms with Crippen LogP contribution in [0.2, 0.25) is 5.02 Å². The first-order valence-corrected chi connectivity index (χ1v) is 11.8. The second-order valence-corrected chi connectivity index (χ2v) is 9.46. The van der Waals surface area contributed by atoms with Gasteiger partial charge in [0.1, 0.15) is 0 Å². The van der Waals surface area contributed by atoms with Gasteiger partial charge in [-0.3, -0.25) is 14.6 Å². The number of carbonyl (C=O) groups is 2. The van der Waals surface area contributed by atoms with Crippen LogP contribution in [0.4, 0.5) is 5.69 Å². The van der Waals surface area contributed by atoms with Crippen LogP contribution >= 0.6 is 11.6 Å². The lowest BCUT2D eigenvalue weighted by molar-refractivity contribution is -0.142. The molecule has 0 bridgehead atoms. The van der Waals surface area contributed by atoms with Gasteiger partial charge in [0.2, 0.25) is 0 Å². The van der Waals surface area contributed by atoms with Crippen LogP contribution in [-0.2, 0) is 4.79 Å². The normalized spacial score (nSPS) is 21.2. The van der Waals surface area contributed by atoms with E-state index in [0.29, 0.717) is 36.5 Å². The number of aliphatic carboxylic acids is 1. The fourth-order valence-electron chi connectivity index (χ4n) is 4.88. The predicted molar refractivity (Wildman–Crippen MR) is 130 cm³/mol. The third-order valence-corrected chi connectivity index (χ3v) is 7.07. The van der Waals surface area contributed by atoms with Gasteiger partial charge in [-0.25, -0.2) is 0 Å². The van der Waals surface area contributed by atoms with E-state index in [2.05, 4.69) is 29.1 Å². The van der Waals surface area contributed by atoms with Gasteiger partial charge < -0.3 is 15.3 Å². The first-order chi connectivity index (χ1) is 15.2. The Balaban J connectivity index is 1.76. The molecular weight excluding hydrogens is 426 g/mol. The first-order valence-electron chi connectivity index (χ1n) is 11.5. The molecule has 2 N–H and O–H groups in total. The van der Waals surface area contributed by atoms with E-state index in [0.717, 1.165) is 48.3 Å². The summed E-state index contributed by atoms with van der Waals surface area (Å²) in [5.74, 6) is -1.09. The number of carbonyl (C=O) groups excluding carboxylic acids is 1. The molecule has 0 atom stereocenters. The highest BCUT2D eigenvalue weighted by Gasteiger charge is 2.30. The molecule has 0 saturated heterocycles. The van der Waals surface area contributed by atoms with Crippen molar-refractivity contribution >= 4 is 34.9 Å². The summed E-state index contributed by atoms with van der Waals surface area (Å²) in [7, 11) is 0. The summed E-state index contributed by atoms with van der Waals surface area (Å²) in [4.78, 5) is 31.2. The maximum atomic E-state index is 13.1. The standard InChI is InChI=1S/C25H34ClN3O3/c1-5-29(21-8-6-18(7-9-21)25(31)32)23-12-20(26)11-22(17(23)4)24(30)28-14-19-13-27-16(3)10-15(19)2/h11-12,18,21H,5-10,13-14H2,1-4H3,(H,28,30)(H,31,32). The summed E-state index contributed by atoms with van der Waals surface area (Å²) in [6.45, 7) is 10.1. The van der Waals surface area contributed by atoms with E-state index in [4.69, 9.17) is 11.6 Å². The number of carboxylic acid groups (broad SMARTS) is 1. The zero-order chi connectivity index (χ0) is 23.4. The van der Waals surface area contributed by atoms with Crippen molar-refractivity contribution in [1.29, 1.82) is 0 Å². The van der Waals surface area contributed by atoms with E-state index in [1.54, 1.807) is 6.07 Å². The number of amides is 1. The quantitative estimate of drug-likeness (QED) is 0.560. The average Bonchev–Trinajstić information content (AvgIpc) is 2.76. The van der Waals surface area contributed by atoms with Crippen LogP contribution in [0, 0.1) is 12.8 Å². The molecule has 7 heteroatoms. The number of aliphatic imine (C=N–C) groups is 1. The molecule has 1 aliphatic heterocycles. The van der Waals surface area contributed by atoms with Gasteiger partial charge in [0.25, 0.3) is 5.91 Å². The molecule has 1 fully saturated rings. The Morgan fingerprint density at radius 1 is 1.19 bits per heavy atom. The molecule has 1 aliphatic carbocycles. The fourth-order valence-corrected chi connectivity index (χ4v) is 5.09. The minimum Gasteiger partial charge on any atom is -0.481 e. The molecule has 32 heavy (non-hydrogen) atoms. The number of hydrogen-bond donors (Lipinski definition) is 2. The number of allylic oxidation sites excluding steroid dienone is 1. The Morgan fingerprint density at radius 2 is 1.88 bits per heavy atom. The second kappa shape index (κ2) is 10.5. The summed E-state index contributed by atoms with van der Waals surface area (Å²) in [6.07, 6.45) is 3.87. The molecule has 3 rings (SSSR count). The number of benzene rings is 1. The van der Waals surface area contributed by atoms with Crippen molar-refractivity contribution in [2.24, 2.45) is 10.9 Å². The average molecular weight is 460 g/mol. The van der Waals surface area contributed by atoms with Crippen LogP contribution in [-0.4, -0.2) is 48.4 Å². The molecule has 0 aromatic heterocycles. The van der Waals surface area contributed by atoms with Crippen molar-refractivity contribution in [2.75, 3.05) is 24.5 Å². The van der Waals surface area contributed by atoms with Crippen molar-refractivity contribution in [1.82, 2.24) is 5.32 Å². The molecule has 1 aromatic rings. The highest BCUT2D eigenvalue weighted by Crippen LogP contribution is 2.35. The van der Waals surface area contributed by atoms with Crippen LogP contribution in [0.3, 0.4) is 0 Å². The van der Waals surface area contributed by atoms with Crippen LogP contribution in [0.5, 0.6) is 0 Å². The van der Waals surface area contributed by atoms with Crippen molar-refractivity contribution in [3.63, 3.8) is 0 Å². The Morgan fingerprint density at radius 3 is 2.47 bits per heavy atom. The Bertz CT molecular complexity index is 946. The molecule has 0 unspecified atom stereocenters. The maximum absolute atomic E-state index is 13.1. The third kappa shape index (κ3) is 5.52. The van der Waals surface area contributed by atoms with E-state index in [1.807, 2.05) is 19.9 Å². The number of hydrogen-bond acceptors (Lipinski definition) is 4. The minimum absolute atomic E-state index is 0.136. The van der Waals surface area contributed by atoms with Gasteiger partial charge >= 0.3 is 5.97 Å². The summed E-state index contributed by atoms with van der Waals surface area (Å²) < 4.78 is 0. The number of nitrogens with one attached hydrogen (secondary N) is 1. The minimum atomic E-state index is -0.700. The molecular formula is C25H34ClN3O3. The van der Waals surface area contributed by atoms with Gasteiger partial charge in [-0.15, -0.1) is 0 Å². The van der Waals surface area contributed by atoms with Crippen molar-refractivity contribution < 1.29 is 14.7 Å². The van der Waals surface area contributed by atoms with E-state index >= 15 is 0 Å². The number of rotatable bonds is 7. The number of anilines is 1. The van der Waals surface area contributed by atoms with Crippen LogP contribution in [0.15, 0.2) is 28.3 Å². The maximum Gasteiger partial charge on any atom is 0.306 e. The zero-order valence-electron chi connectivity index (χ0n) is 19.5. The summed E-state index contributed by atoms with van der Waals surface area (Å²) in [5.41, 5.74) is 6.00. The topological polar surface area (TPSA) is 82.0 Å². The van der Waals surface area contributed by atoms with Gasteiger partial charge in [0.15, 0.2) is 0 Å². The van der Waals surface area contributed by atoms with Crippen LogP contribution < -0.4 is 10.2 Å². The van der Waals surface area contributed by atoms with Gasteiger partial charge in [0.05, 0.1) is 12.5 Å². The third-order valence-electron chi connectivity index (χ3n) is 6.85. The molecule has 174 valence electrons. The molecule has 1 saturated carbocycles. The molecule has 1 amide bonds. The monoisotopic (exact) mass is 459 g/mol. The zero-order valence-corrected chi connectivity index (χ0v) is 20.3. The van der Waals surface area contributed by atoms with E-state index in [-0.39, 0.29) is 17.9 Å². The lowest BCUT2D eigenvalue weighted by Gasteiger charge is -2.38. The Kier molecular flexibility index (Phi) is 7.99. The number of carboxylic acids is 1. The lowest BCUT2D eigenvalue weighted by atomic mass is 9.85. The molecule has 0 radical (unpaired) electrons. The number of halogens is 1. The van der Waals surface area contributed by atoms with Crippen LogP contribution in [0.25, 0.3) is 0 Å². The van der Waals surface area contributed by atoms with Crippen molar-refractivity contribution in [2.45, 2.75) is 65.8 Å². The number of nitrogens with zero attached hydrogens (tertiary/aromatic N) is 2. The van der Waals surface area contributed by atoms with Crippen molar-refractivity contribution in [3.8, 4) is 0 Å².